The van der Waals surface area contributed by atoms with E-state index in [1.807, 2.05) is 12.1 Å². The second-order valence-electron chi connectivity index (χ2n) is 7.35. The fraction of sp³-hybridized carbons (Fsp3) is 0.400. The van der Waals surface area contributed by atoms with E-state index in [0.29, 0.717) is 12.8 Å². The molecule has 2 heterocycles. The van der Waals surface area contributed by atoms with Gasteiger partial charge >= 0.3 is 6.18 Å². The Morgan fingerprint density at radius 2 is 1.68 bits per heavy atom. The van der Waals surface area contributed by atoms with Crippen LogP contribution in [0.3, 0.4) is 0 Å². The van der Waals surface area contributed by atoms with Crippen LogP contribution >= 0.6 is 0 Å². The van der Waals surface area contributed by atoms with E-state index in [-0.39, 0.29) is 16.5 Å². The molecule has 1 aliphatic heterocycles. The number of piperidine rings is 1. The van der Waals surface area contributed by atoms with E-state index in [1.54, 1.807) is 17.7 Å². The van der Waals surface area contributed by atoms with Crippen molar-refractivity contribution in [3.05, 3.63) is 59.9 Å². The number of carbonyl (C=O) groups is 1. The molecule has 1 aromatic carbocycles. The number of alkyl halides is 3. The topological polar surface area (TPSA) is 91.4 Å². The first kappa shape index (κ1) is 23.2. The summed E-state index contributed by atoms with van der Waals surface area (Å²) >= 11 is 0. The van der Waals surface area contributed by atoms with Crippen LogP contribution in [-0.2, 0) is 16.6 Å². The summed E-state index contributed by atoms with van der Waals surface area (Å²) in [5.41, 5.74) is 1.10. The van der Waals surface area contributed by atoms with Gasteiger partial charge < -0.3 is 5.32 Å². The van der Waals surface area contributed by atoms with Gasteiger partial charge in [-0.25, -0.2) is 13.1 Å². The van der Waals surface area contributed by atoms with Crippen molar-refractivity contribution in [2.24, 2.45) is 0 Å². The zero-order chi connectivity index (χ0) is 22.5. The second-order valence-corrected chi connectivity index (χ2v) is 9.06. The largest absolute Gasteiger partial charge is 0.405 e. The lowest BCUT2D eigenvalue weighted by Crippen LogP contribution is -2.44. The third-order valence-electron chi connectivity index (χ3n) is 4.94. The molecule has 7 nitrogen and oxygen atoms in total. The smallest absolute Gasteiger partial charge is 0.343 e. The average Bonchev–Trinajstić information content (AvgIpc) is 2.73. The standard InChI is InChI=1S/C20H23F3N4O3S/c21-20(22,23)14-25-19(28)16-1-3-18(4-2-16)31(29,30)26-17-7-11-27(12-8-17)13-15-5-9-24-10-6-15/h1-6,9-10,17,26H,7-8,11-14H2,(H,25,28). The number of carbonyl (C=O) groups excluding carboxylic acids is 1. The molecule has 0 radical (unpaired) electrons. The highest BCUT2D eigenvalue weighted by Crippen LogP contribution is 2.18. The average molecular weight is 456 g/mol. The van der Waals surface area contributed by atoms with Crippen LogP contribution in [0.2, 0.25) is 0 Å². The van der Waals surface area contributed by atoms with Crippen LogP contribution < -0.4 is 10.0 Å². The van der Waals surface area contributed by atoms with Gasteiger partial charge in [0, 0.05) is 43.6 Å². The molecule has 1 saturated heterocycles. The second kappa shape index (κ2) is 9.75. The fourth-order valence-electron chi connectivity index (χ4n) is 3.31. The molecule has 0 spiro atoms. The van der Waals surface area contributed by atoms with Gasteiger partial charge in [-0.05, 0) is 54.8 Å². The molecule has 3 rings (SSSR count). The summed E-state index contributed by atoms with van der Waals surface area (Å²) < 4.78 is 64.5. The van der Waals surface area contributed by atoms with E-state index in [1.165, 1.54) is 24.3 Å². The number of sulfonamides is 1. The first-order valence-corrected chi connectivity index (χ1v) is 11.2. The summed E-state index contributed by atoms with van der Waals surface area (Å²) in [6, 6.07) is 8.49. The minimum atomic E-state index is -4.52. The Balaban J connectivity index is 1.52. The molecule has 2 aromatic rings. The summed E-state index contributed by atoms with van der Waals surface area (Å²) in [4.78, 5) is 17.9. The molecule has 1 aliphatic rings. The summed E-state index contributed by atoms with van der Waals surface area (Å²) in [6.07, 6.45) is 0.268. The Labute approximate surface area is 178 Å². The minimum Gasteiger partial charge on any atom is -0.343 e. The van der Waals surface area contributed by atoms with Crippen molar-refractivity contribution in [1.29, 1.82) is 0 Å². The van der Waals surface area contributed by atoms with E-state index in [2.05, 4.69) is 14.6 Å². The summed E-state index contributed by atoms with van der Waals surface area (Å²) in [5.74, 6) is -0.921. The van der Waals surface area contributed by atoms with Crippen molar-refractivity contribution in [3.8, 4) is 0 Å². The zero-order valence-electron chi connectivity index (χ0n) is 16.6. The number of aromatic nitrogens is 1. The van der Waals surface area contributed by atoms with Gasteiger partial charge in [0.15, 0.2) is 0 Å². The number of nitrogens with zero attached hydrogens (tertiary/aromatic N) is 2. The van der Waals surface area contributed by atoms with Crippen LogP contribution in [0.25, 0.3) is 0 Å². The van der Waals surface area contributed by atoms with Crippen molar-refractivity contribution in [2.45, 2.75) is 36.5 Å². The Kier molecular flexibility index (Phi) is 7.29. The van der Waals surface area contributed by atoms with Crippen molar-refractivity contribution in [3.63, 3.8) is 0 Å². The monoisotopic (exact) mass is 456 g/mol. The van der Waals surface area contributed by atoms with Crippen LogP contribution in [0, 0.1) is 0 Å². The van der Waals surface area contributed by atoms with E-state index < -0.39 is 28.7 Å². The quantitative estimate of drug-likeness (QED) is 0.667. The molecular weight excluding hydrogens is 433 g/mol. The van der Waals surface area contributed by atoms with E-state index in [0.717, 1.165) is 25.2 Å². The lowest BCUT2D eigenvalue weighted by atomic mass is 10.1. The number of likely N-dealkylation sites (tertiary alicyclic amines) is 1. The molecule has 0 saturated carbocycles. The zero-order valence-corrected chi connectivity index (χ0v) is 17.4. The van der Waals surface area contributed by atoms with E-state index in [4.69, 9.17) is 0 Å². The SMILES string of the molecule is O=C(NCC(F)(F)F)c1ccc(S(=O)(=O)NC2CCN(Cc3ccncc3)CC2)cc1. The number of hydrogen-bond donors (Lipinski definition) is 2. The molecule has 1 aromatic heterocycles. The first-order chi connectivity index (χ1) is 14.6. The molecular formula is C20H23F3N4O3S. The molecule has 168 valence electrons. The number of halogens is 3. The number of amides is 1. The third kappa shape index (κ3) is 7.01. The maximum Gasteiger partial charge on any atom is 0.405 e. The van der Waals surface area contributed by atoms with Gasteiger partial charge in [0.05, 0.1) is 4.90 Å². The first-order valence-electron chi connectivity index (χ1n) is 9.71. The number of pyridine rings is 1. The summed E-state index contributed by atoms with van der Waals surface area (Å²) in [6.45, 7) is 0.814. The Morgan fingerprint density at radius 3 is 2.26 bits per heavy atom. The molecule has 1 fully saturated rings. The van der Waals surface area contributed by atoms with Crippen molar-refractivity contribution in [2.75, 3.05) is 19.6 Å². The van der Waals surface area contributed by atoms with Gasteiger partial charge in [0.1, 0.15) is 6.54 Å². The van der Waals surface area contributed by atoms with Crippen LogP contribution in [0.1, 0.15) is 28.8 Å². The van der Waals surface area contributed by atoms with E-state index in [9.17, 15) is 26.4 Å². The summed E-state index contributed by atoms with van der Waals surface area (Å²) in [7, 11) is -3.80. The van der Waals surface area contributed by atoms with E-state index >= 15 is 0 Å². The number of hydrogen-bond acceptors (Lipinski definition) is 5. The number of benzene rings is 1. The molecule has 0 aliphatic carbocycles. The highest BCUT2D eigenvalue weighted by molar-refractivity contribution is 7.89. The highest BCUT2D eigenvalue weighted by atomic mass is 32.2. The van der Waals surface area contributed by atoms with Crippen molar-refractivity contribution in [1.82, 2.24) is 19.9 Å². The lowest BCUT2D eigenvalue weighted by molar-refractivity contribution is -0.123. The van der Waals surface area contributed by atoms with Gasteiger partial charge in [-0.15, -0.1) is 0 Å². The Morgan fingerprint density at radius 1 is 1.06 bits per heavy atom. The minimum absolute atomic E-state index is 0.0425. The molecule has 31 heavy (non-hydrogen) atoms. The number of nitrogens with one attached hydrogen (secondary N) is 2. The van der Waals surface area contributed by atoms with Crippen LogP contribution in [0.5, 0.6) is 0 Å². The Hall–Kier alpha value is -2.50. The lowest BCUT2D eigenvalue weighted by Gasteiger charge is -2.32. The molecule has 1 amide bonds. The normalized spacial score (nSPS) is 16.2. The third-order valence-corrected chi connectivity index (χ3v) is 6.48. The number of rotatable bonds is 7. The summed E-state index contributed by atoms with van der Waals surface area (Å²) in [5, 5.41) is 1.75. The van der Waals surface area contributed by atoms with Crippen molar-refractivity contribution >= 4 is 15.9 Å². The molecule has 0 unspecified atom stereocenters. The van der Waals surface area contributed by atoms with Gasteiger partial charge in [-0.1, -0.05) is 0 Å². The fourth-order valence-corrected chi connectivity index (χ4v) is 4.62. The highest BCUT2D eigenvalue weighted by Gasteiger charge is 2.28. The molecule has 11 heteroatoms. The maximum atomic E-state index is 12.6. The predicted molar refractivity (Wildman–Crippen MR) is 108 cm³/mol. The van der Waals surface area contributed by atoms with Crippen molar-refractivity contribution < 1.29 is 26.4 Å². The predicted octanol–water partition coefficient (Wildman–Crippen LogP) is 2.32. The van der Waals surface area contributed by atoms with Crippen LogP contribution in [-0.4, -0.2) is 56.1 Å². The Bertz CT molecular complexity index is 975. The van der Waals surface area contributed by atoms with Gasteiger partial charge in [0.25, 0.3) is 5.91 Å². The van der Waals surface area contributed by atoms with Crippen LogP contribution in [0.15, 0.2) is 53.7 Å². The maximum absolute atomic E-state index is 12.6. The van der Waals surface area contributed by atoms with Crippen LogP contribution in [0.4, 0.5) is 13.2 Å². The molecule has 2 N–H and O–H groups in total. The van der Waals surface area contributed by atoms with Gasteiger partial charge in [0.2, 0.25) is 10.0 Å². The van der Waals surface area contributed by atoms with Gasteiger partial charge in [-0.2, -0.15) is 13.2 Å². The van der Waals surface area contributed by atoms with Gasteiger partial charge in [-0.3, -0.25) is 14.7 Å². The molecule has 0 bridgehead atoms. The molecule has 0 atom stereocenters.